The van der Waals surface area contributed by atoms with Crippen molar-refractivity contribution in [1.29, 1.82) is 0 Å². The van der Waals surface area contributed by atoms with Gasteiger partial charge >= 0.3 is 5.97 Å². The summed E-state index contributed by atoms with van der Waals surface area (Å²) in [6, 6.07) is 3.89. The quantitative estimate of drug-likeness (QED) is 0.594. The third-order valence-electron chi connectivity index (χ3n) is 2.86. The lowest BCUT2D eigenvalue weighted by molar-refractivity contribution is -0.140. The molecule has 0 saturated carbocycles. The molecule has 2 rings (SSSR count). The van der Waals surface area contributed by atoms with E-state index in [1.54, 1.807) is 18.2 Å². The number of nitrogens with one attached hydrogen (secondary N) is 2. The number of aliphatic carboxylic acids is 1. The first-order chi connectivity index (χ1) is 8.61. The minimum atomic E-state index is -1.27. The molecule has 0 aromatic heterocycles. The number of hydrogen-bond donors (Lipinski definition) is 4. The van der Waals surface area contributed by atoms with E-state index in [2.05, 4.69) is 10.6 Å². The van der Waals surface area contributed by atoms with Crippen molar-refractivity contribution in [3.63, 3.8) is 0 Å². The van der Waals surface area contributed by atoms with Crippen LogP contribution in [0.25, 0.3) is 0 Å². The van der Waals surface area contributed by atoms with Crippen LogP contribution in [0, 0.1) is 0 Å². The minimum absolute atomic E-state index is 0.400. The Balaban J connectivity index is 2.12. The normalized spacial score (nSPS) is 14.5. The monoisotopic (exact) mass is 250 g/mol. The van der Waals surface area contributed by atoms with Gasteiger partial charge in [-0.05, 0) is 30.2 Å². The van der Waals surface area contributed by atoms with E-state index in [-0.39, 0.29) is 0 Å². The lowest BCUT2D eigenvalue weighted by atomic mass is 10.1. The number of amides is 1. The highest BCUT2D eigenvalue weighted by atomic mass is 16.4. The second-order valence-corrected chi connectivity index (χ2v) is 4.10. The lowest BCUT2D eigenvalue weighted by Crippen LogP contribution is -2.43. The molecule has 1 amide bonds. The van der Waals surface area contributed by atoms with E-state index in [1.165, 1.54) is 0 Å². The topological polar surface area (TPSA) is 98.7 Å². The Morgan fingerprint density at radius 1 is 1.44 bits per heavy atom. The van der Waals surface area contributed by atoms with Crippen LogP contribution in [0.15, 0.2) is 18.2 Å². The van der Waals surface area contributed by atoms with Crippen LogP contribution in [0.1, 0.15) is 15.9 Å². The number of fused-ring (bicyclic) bond motifs is 1. The number of anilines is 1. The van der Waals surface area contributed by atoms with Crippen molar-refractivity contribution < 1.29 is 19.8 Å². The maximum absolute atomic E-state index is 11.8. The van der Waals surface area contributed by atoms with Crippen molar-refractivity contribution in [3.05, 3.63) is 29.3 Å². The highest BCUT2D eigenvalue weighted by Gasteiger charge is 2.20. The Kier molecular flexibility index (Phi) is 3.47. The average molecular weight is 250 g/mol. The van der Waals surface area contributed by atoms with Crippen molar-refractivity contribution >= 4 is 17.6 Å². The predicted molar refractivity (Wildman–Crippen MR) is 64.6 cm³/mol. The summed E-state index contributed by atoms with van der Waals surface area (Å²) in [5.74, 6) is -1.75. The number of carbonyl (C=O) groups is 2. The van der Waals surface area contributed by atoms with Crippen LogP contribution < -0.4 is 10.6 Å². The summed E-state index contributed by atoms with van der Waals surface area (Å²) < 4.78 is 0. The molecule has 0 spiro atoms. The van der Waals surface area contributed by atoms with Crippen molar-refractivity contribution in [1.82, 2.24) is 5.32 Å². The largest absolute Gasteiger partial charge is 0.480 e. The zero-order valence-corrected chi connectivity index (χ0v) is 9.64. The van der Waals surface area contributed by atoms with Gasteiger partial charge in [0.2, 0.25) is 0 Å². The highest BCUT2D eigenvalue weighted by molar-refractivity contribution is 5.97. The van der Waals surface area contributed by atoms with Crippen LogP contribution in [0.2, 0.25) is 0 Å². The van der Waals surface area contributed by atoms with Crippen molar-refractivity contribution in [2.24, 2.45) is 0 Å². The summed E-state index contributed by atoms with van der Waals surface area (Å²) in [7, 11) is 0. The second kappa shape index (κ2) is 5.05. The van der Waals surface area contributed by atoms with Crippen LogP contribution in [0.4, 0.5) is 5.69 Å². The van der Waals surface area contributed by atoms with Crippen LogP contribution in [0.3, 0.4) is 0 Å². The molecule has 1 aliphatic heterocycles. The predicted octanol–water partition coefficient (Wildman–Crippen LogP) is -0.170. The molecule has 0 saturated heterocycles. The third kappa shape index (κ3) is 2.43. The molecule has 1 aromatic carbocycles. The summed E-state index contributed by atoms with van der Waals surface area (Å²) in [6.45, 7) is 0.211. The molecule has 1 aromatic rings. The maximum Gasteiger partial charge on any atom is 0.328 e. The third-order valence-corrected chi connectivity index (χ3v) is 2.86. The number of aliphatic hydroxyl groups is 1. The number of rotatable bonds is 4. The minimum Gasteiger partial charge on any atom is -0.480 e. The molecule has 1 heterocycles. The average Bonchev–Trinajstić information content (AvgIpc) is 2.82. The molecule has 1 unspecified atom stereocenters. The molecular weight excluding hydrogens is 236 g/mol. The fraction of sp³-hybridized carbons (Fsp3) is 0.333. The molecule has 4 N–H and O–H groups in total. The molecule has 1 atom stereocenters. The molecule has 0 aliphatic carbocycles. The smallest absolute Gasteiger partial charge is 0.328 e. The van der Waals surface area contributed by atoms with Gasteiger partial charge in [-0.25, -0.2) is 4.79 Å². The Hall–Kier alpha value is -2.08. The molecule has 0 fully saturated rings. The first-order valence-corrected chi connectivity index (χ1v) is 5.63. The number of carbonyl (C=O) groups excluding carboxylic acids is 1. The van der Waals surface area contributed by atoms with Gasteiger partial charge in [0, 0.05) is 17.8 Å². The molecule has 0 bridgehead atoms. The maximum atomic E-state index is 11.8. The molecule has 1 aliphatic rings. The summed E-state index contributed by atoms with van der Waals surface area (Å²) in [4.78, 5) is 22.5. The molecule has 96 valence electrons. The first kappa shape index (κ1) is 12.4. The first-order valence-electron chi connectivity index (χ1n) is 5.63. The molecule has 0 radical (unpaired) electrons. The van der Waals surface area contributed by atoms with Gasteiger partial charge in [-0.3, -0.25) is 4.79 Å². The van der Waals surface area contributed by atoms with Crippen LogP contribution >= 0.6 is 0 Å². The Bertz CT molecular complexity index is 487. The fourth-order valence-electron chi connectivity index (χ4n) is 1.87. The van der Waals surface area contributed by atoms with Crippen LogP contribution in [0.5, 0.6) is 0 Å². The van der Waals surface area contributed by atoms with Gasteiger partial charge in [-0.1, -0.05) is 0 Å². The number of benzene rings is 1. The van der Waals surface area contributed by atoms with Crippen molar-refractivity contribution in [2.45, 2.75) is 12.5 Å². The lowest BCUT2D eigenvalue weighted by Gasteiger charge is -2.12. The van der Waals surface area contributed by atoms with Crippen LogP contribution in [-0.4, -0.2) is 41.3 Å². The summed E-state index contributed by atoms with van der Waals surface area (Å²) in [5.41, 5.74) is 2.44. The zero-order valence-electron chi connectivity index (χ0n) is 9.64. The summed E-state index contributed by atoms with van der Waals surface area (Å²) in [5, 5.41) is 23.0. The van der Waals surface area contributed by atoms with Gasteiger partial charge in [-0.2, -0.15) is 0 Å². The summed E-state index contributed by atoms with van der Waals surface area (Å²) in [6.07, 6.45) is 0.846. The molecule has 6 nitrogen and oxygen atoms in total. The van der Waals surface area contributed by atoms with Gasteiger partial charge in [0.05, 0.1) is 6.61 Å². The standard InChI is InChI=1S/C12H14N2O4/c15-6-10(12(17)18)14-11(16)8-1-2-9-7(5-8)3-4-13-9/h1-2,5,10,13,15H,3-4,6H2,(H,14,16)(H,17,18). The Morgan fingerprint density at radius 3 is 2.89 bits per heavy atom. The van der Waals surface area contributed by atoms with Gasteiger partial charge < -0.3 is 20.8 Å². The van der Waals surface area contributed by atoms with Crippen LogP contribution in [-0.2, 0) is 11.2 Å². The molecule has 18 heavy (non-hydrogen) atoms. The summed E-state index contributed by atoms with van der Waals surface area (Å²) >= 11 is 0. The van der Waals surface area contributed by atoms with E-state index in [0.29, 0.717) is 5.56 Å². The zero-order chi connectivity index (χ0) is 13.1. The van der Waals surface area contributed by atoms with E-state index in [1.807, 2.05) is 0 Å². The number of carboxylic acids is 1. The highest BCUT2D eigenvalue weighted by Crippen LogP contribution is 2.22. The Labute approximate surface area is 104 Å². The van der Waals surface area contributed by atoms with Gasteiger partial charge in [0.1, 0.15) is 0 Å². The molecule has 6 heteroatoms. The second-order valence-electron chi connectivity index (χ2n) is 4.10. The number of hydrogen-bond acceptors (Lipinski definition) is 4. The fourth-order valence-corrected chi connectivity index (χ4v) is 1.87. The van der Waals surface area contributed by atoms with E-state index in [9.17, 15) is 9.59 Å². The Morgan fingerprint density at radius 2 is 2.22 bits per heavy atom. The number of aliphatic hydroxyl groups excluding tert-OH is 1. The van der Waals surface area contributed by atoms with E-state index in [0.717, 1.165) is 24.2 Å². The number of carboxylic acid groups (broad SMARTS) is 1. The molecular formula is C12H14N2O4. The van der Waals surface area contributed by atoms with Crippen molar-refractivity contribution in [2.75, 3.05) is 18.5 Å². The van der Waals surface area contributed by atoms with E-state index < -0.39 is 24.5 Å². The van der Waals surface area contributed by atoms with E-state index in [4.69, 9.17) is 10.2 Å². The van der Waals surface area contributed by atoms with E-state index >= 15 is 0 Å². The SMILES string of the molecule is O=C(NC(CO)C(=O)O)c1ccc2c(c1)CCN2. The van der Waals surface area contributed by atoms with Gasteiger partial charge in [0.25, 0.3) is 5.91 Å². The van der Waals surface area contributed by atoms with Gasteiger partial charge in [-0.15, -0.1) is 0 Å². The van der Waals surface area contributed by atoms with Crippen molar-refractivity contribution in [3.8, 4) is 0 Å². The van der Waals surface area contributed by atoms with Gasteiger partial charge in [0.15, 0.2) is 6.04 Å².